The molecule has 0 saturated carbocycles. The van der Waals surface area contributed by atoms with Gasteiger partial charge in [0, 0.05) is 26.2 Å². The first-order valence-corrected chi connectivity index (χ1v) is 8.81. The van der Waals surface area contributed by atoms with Crippen LogP contribution in [0, 0.1) is 0 Å². The monoisotopic (exact) mass is 368 g/mol. The minimum atomic E-state index is -1.11. The van der Waals surface area contributed by atoms with Crippen molar-refractivity contribution in [3.8, 4) is 0 Å². The Balaban J connectivity index is 1.87. The molecule has 2 aromatic heterocycles. The van der Waals surface area contributed by atoms with Gasteiger partial charge in [-0.1, -0.05) is 30.3 Å². The molecule has 140 valence electrons. The number of anilines is 1. The lowest BCUT2D eigenvalue weighted by Gasteiger charge is -2.28. The highest BCUT2D eigenvalue weighted by Crippen LogP contribution is 2.22. The van der Waals surface area contributed by atoms with Crippen LogP contribution in [0.1, 0.15) is 5.56 Å². The van der Waals surface area contributed by atoms with Gasteiger partial charge in [-0.15, -0.1) is 0 Å². The van der Waals surface area contributed by atoms with Crippen LogP contribution in [-0.2, 0) is 17.9 Å². The lowest BCUT2D eigenvalue weighted by atomic mass is 10.2. The normalized spacial score (nSPS) is 14.6. The number of hydrogen-bond donors (Lipinski definition) is 2. The fraction of sp³-hybridized carbons (Fsp3) is 0.333. The molecule has 9 nitrogen and oxygen atoms in total. The van der Waals surface area contributed by atoms with E-state index in [0.717, 1.165) is 36.4 Å². The number of benzene rings is 1. The third-order valence-electron chi connectivity index (χ3n) is 4.60. The van der Waals surface area contributed by atoms with Crippen molar-refractivity contribution in [2.24, 2.45) is 0 Å². The van der Waals surface area contributed by atoms with Crippen LogP contribution in [0.3, 0.4) is 0 Å². The minimum Gasteiger partial charge on any atom is -0.480 e. The zero-order chi connectivity index (χ0) is 18.8. The Hall–Kier alpha value is -3.20. The number of carboxylic acid groups (broad SMARTS) is 1. The average molecular weight is 368 g/mol. The molecule has 9 heteroatoms. The molecule has 3 heterocycles. The molecule has 0 unspecified atom stereocenters. The number of fused-ring (bicyclic) bond motifs is 1. The molecule has 4 rings (SSSR count). The van der Waals surface area contributed by atoms with Crippen molar-refractivity contribution in [2.75, 3.05) is 31.1 Å². The van der Waals surface area contributed by atoms with Gasteiger partial charge in [-0.25, -0.2) is 9.67 Å². The summed E-state index contributed by atoms with van der Waals surface area (Å²) >= 11 is 0. The van der Waals surface area contributed by atoms with Crippen molar-refractivity contribution in [3.63, 3.8) is 0 Å². The number of piperazine rings is 1. The van der Waals surface area contributed by atoms with Gasteiger partial charge in [0.25, 0.3) is 5.56 Å². The number of carboxylic acids is 1. The highest BCUT2D eigenvalue weighted by Gasteiger charge is 2.22. The number of nitrogens with zero attached hydrogens (tertiary/aromatic N) is 5. The summed E-state index contributed by atoms with van der Waals surface area (Å²) in [7, 11) is 0. The third kappa shape index (κ3) is 3.41. The standard InChI is InChI=1S/C18H20N6O3/c25-15(26)12-24-17(27)16-14(10-20-24)21-18(22-8-6-19-7-9-22)23(16)11-13-4-2-1-3-5-13/h1-5,10,19H,6-9,11-12H2,(H,25,26). The van der Waals surface area contributed by atoms with Crippen molar-refractivity contribution in [3.05, 3.63) is 52.4 Å². The first kappa shape index (κ1) is 17.2. The van der Waals surface area contributed by atoms with Crippen LogP contribution in [0.25, 0.3) is 11.0 Å². The molecular formula is C18H20N6O3. The molecule has 0 bridgehead atoms. The molecule has 3 aromatic rings. The maximum absolute atomic E-state index is 12.9. The van der Waals surface area contributed by atoms with Crippen LogP contribution >= 0.6 is 0 Å². The van der Waals surface area contributed by atoms with Gasteiger partial charge in [-0.2, -0.15) is 5.10 Å². The quantitative estimate of drug-likeness (QED) is 0.660. The molecule has 1 saturated heterocycles. The molecule has 1 aromatic carbocycles. The molecule has 1 aliphatic heterocycles. The number of aliphatic carboxylic acids is 1. The smallest absolute Gasteiger partial charge is 0.325 e. The maximum atomic E-state index is 12.9. The molecule has 0 atom stereocenters. The summed E-state index contributed by atoms with van der Waals surface area (Å²) in [5.74, 6) is -0.400. The molecule has 0 spiro atoms. The Morgan fingerprint density at radius 3 is 2.63 bits per heavy atom. The molecule has 2 N–H and O–H groups in total. The van der Waals surface area contributed by atoms with E-state index in [-0.39, 0.29) is 0 Å². The molecule has 1 aliphatic rings. The van der Waals surface area contributed by atoms with E-state index in [2.05, 4.69) is 20.3 Å². The highest BCUT2D eigenvalue weighted by molar-refractivity contribution is 5.77. The van der Waals surface area contributed by atoms with E-state index in [1.807, 2.05) is 34.9 Å². The molecule has 0 aliphatic carbocycles. The highest BCUT2D eigenvalue weighted by atomic mass is 16.4. The van der Waals surface area contributed by atoms with E-state index in [1.54, 1.807) is 0 Å². The van der Waals surface area contributed by atoms with Crippen LogP contribution in [-0.4, -0.2) is 56.6 Å². The molecule has 0 radical (unpaired) electrons. The van der Waals surface area contributed by atoms with Gasteiger partial charge in [-0.05, 0) is 5.56 Å². The Bertz CT molecular complexity index is 1020. The summed E-state index contributed by atoms with van der Waals surface area (Å²) in [5, 5.41) is 16.3. The van der Waals surface area contributed by atoms with E-state index in [9.17, 15) is 9.59 Å². The fourth-order valence-electron chi connectivity index (χ4n) is 3.34. The number of hydrogen-bond acceptors (Lipinski definition) is 6. The van der Waals surface area contributed by atoms with Gasteiger partial charge in [0.15, 0.2) is 0 Å². The molecule has 1 fully saturated rings. The summed E-state index contributed by atoms with van der Waals surface area (Å²) in [4.78, 5) is 30.8. The van der Waals surface area contributed by atoms with E-state index in [4.69, 9.17) is 5.11 Å². The van der Waals surface area contributed by atoms with Crippen LogP contribution in [0.4, 0.5) is 5.95 Å². The Morgan fingerprint density at radius 2 is 1.93 bits per heavy atom. The third-order valence-corrected chi connectivity index (χ3v) is 4.60. The van der Waals surface area contributed by atoms with Crippen molar-refractivity contribution in [2.45, 2.75) is 13.1 Å². The van der Waals surface area contributed by atoms with Crippen molar-refractivity contribution >= 4 is 23.0 Å². The molecular weight excluding hydrogens is 348 g/mol. The largest absolute Gasteiger partial charge is 0.480 e. The minimum absolute atomic E-state index is 0.378. The Labute approximate surface area is 154 Å². The number of imidazole rings is 1. The Kier molecular flexibility index (Phi) is 4.59. The van der Waals surface area contributed by atoms with Crippen LogP contribution in [0.2, 0.25) is 0 Å². The maximum Gasteiger partial charge on any atom is 0.325 e. The van der Waals surface area contributed by atoms with Gasteiger partial charge in [0.05, 0.1) is 12.7 Å². The van der Waals surface area contributed by atoms with E-state index < -0.39 is 18.1 Å². The van der Waals surface area contributed by atoms with Gasteiger partial charge in [0.2, 0.25) is 5.95 Å². The van der Waals surface area contributed by atoms with Gasteiger partial charge >= 0.3 is 5.97 Å². The van der Waals surface area contributed by atoms with Crippen LogP contribution < -0.4 is 15.8 Å². The summed E-state index contributed by atoms with van der Waals surface area (Å²) in [6, 6.07) is 9.82. The zero-order valence-electron chi connectivity index (χ0n) is 14.7. The van der Waals surface area contributed by atoms with Gasteiger partial charge in [0.1, 0.15) is 17.6 Å². The van der Waals surface area contributed by atoms with Crippen molar-refractivity contribution in [1.29, 1.82) is 0 Å². The van der Waals surface area contributed by atoms with Crippen LogP contribution in [0.5, 0.6) is 0 Å². The molecule has 0 amide bonds. The summed E-state index contributed by atoms with van der Waals surface area (Å²) in [5.41, 5.74) is 1.45. The van der Waals surface area contributed by atoms with Gasteiger partial charge in [-0.3, -0.25) is 9.59 Å². The fourth-order valence-corrected chi connectivity index (χ4v) is 3.34. The SMILES string of the molecule is O=C(O)Cn1ncc2nc(N3CCNCC3)n(Cc3ccccc3)c2c1=O. The topological polar surface area (TPSA) is 105 Å². The van der Waals surface area contributed by atoms with E-state index in [0.29, 0.717) is 23.5 Å². The molecule has 27 heavy (non-hydrogen) atoms. The average Bonchev–Trinajstić information content (AvgIpc) is 3.04. The second-order valence-corrected chi connectivity index (χ2v) is 6.46. The number of carbonyl (C=O) groups is 1. The lowest BCUT2D eigenvalue weighted by Crippen LogP contribution is -2.44. The van der Waals surface area contributed by atoms with Crippen molar-refractivity contribution in [1.82, 2.24) is 24.6 Å². The second-order valence-electron chi connectivity index (χ2n) is 6.46. The first-order chi connectivity index (χ1) is 13.1. The van der Waals surface area contributed by atoms with Crippen LogP contribution in [0.15, 0.2) is 41.3 Å². The Morgan fingerprint density at radius 1 is 1.19 bits per heavy atom. The number of nitrogens with one attached hydrogen (secondary N) is 1. The van der Waals surface area contributed by atoms with E-state index in [1.165, 1.54) is 6.20 Å². The number of rotatable bonds is 5. The first-order valence-electron chi connectivity index (χ1n) is 8.81. The number of aromatic nitrogens is 4. The predicted octanol–water partition coefficient (Wildman–Crippen LogP) is 0.136. The lowest BCUT2D eigenvalue weighted by molar-refractivity contribution is -0.138. The second kappa shape index (κ2) is 7.20. The van der Waals surface area contributed by atoms with Crippen molar-refractivity contribution < 1.29 is 9.90 Å². The predicted molar refractivity (Wildman–Crippen MR) is 100 cm³/mol. The summed E-state index contributed by atoms with van der Waals surface area (Å²) in [6.45, 7) is 3.26. The summed E-state index contributed by atoms with van der Waals surface area (Å²) in [6.07, 6.45) is 1.47. The van der Waals surface area contributed by atoms with Gasteiger partial charge < -0.3 is 19.9 Å². The summed E-state index contributed by atoms with van der Waals surface area (Å²) < 4.78 is 2.84. The zero-order valence-corrected chi connectivity index (χ0v) is 14.7. The van der Waals surface area contributed by atoms with E-state index >= 15 is 0 Å².